The Labute approximate surface area is 119 Å². The zero-order chi connectivity index (χ0) is 15.1. The number of anilines is 1. The van der Waals surface area contributed by atoms with Crippen LogP contribution in [0.2, 0.25) is 0 Å². The molecular formula is C14H22N2O4. The van der Waals surface area contributed by atoms with E-state index in [1.165, 1.54) is 14.2 Å². The first-order valence-electron chi connectivity index (χ1n) is 6.34. The maximum Gasteiger partial charge on any atom is 0.253 e. The van der Waals surface area contributed by atoms with Crippen LogP contribution in [0.1, 0.15) is 23.7 Å². The number of methoxy groups -OCH3 is 3. The summed E-state index contributed by atoms with van der Waals surface area (Å²) in [5.41, 5.74) is 6.59. The molecule has 0 saturated heterocycles. The van der Waals surface area contributed by atoms with Crippen LogP contribution in [-0.4, -0.2) is 39.9 Å². The van der Waals surface area contributed by atoms with Crippen LogP contribution in [0.25, 0.3) is 0 Å². The van der Waals surface area contributed by atoms with Crippen LogP contribution in [0.4, 0.5) is 5.69 Å². The summed E-state index contributed by atoms with van der Waals surface area (Å²) < 4.78 is 15.3. The first-order valence-corrected chi connectivity index (χ1v) is 6.34. The van der Waals surface area contributed by atoms with E-state index in [9.17, 15) is 4.79 Å². The van der Waals surface area contributed by atoms with E-state index in [-0.39, 0.29) is 11.9 Å². The highest BCUT2D eigenvalue weighted by Gasteiger charge is 2.16. The van der Waals surface area contributed by atoms with Crippen LogP contribution >= 0.6 is 0 Å². The highest BCUT2D eigenvalue weighted by Crippen LogP contribution is 2.31. The van der Waals surface area contributed by atoms with E-state index in [1.54, 1.807) is 19.2 Å². The van der Waals surface area contributed by atoms with Crippen molar-refractivity contribution in [3.63, 3.8) is 0 Å². The topological polar surface area (TPSA) is 82.8 Å². The van der Waals surface area contributed by atoms with Crippen molar-refractivity contribution in [1.82, 2.24) is 5.32 Å². The second-order valence-corrected chi connectivity index (χ2v) is 4.45. The molecule has 6 nitrogen and oxygen atoms in total. The highest BCUT2D eigenvalue weighted by molar-refractivity contribution is 6.00. The largest absolute Gasteiger partial charge is 0.493 e. The molecule has 0 bridgehead atoms. The molecule has 0 aliphatic heterocycles. The quantitative estimate of drug-likeness (QED) is 0.739. The number of benzene rings is 1. The average Bonchev–Trinajstić information content (AvgIpc) is 2.44. The fourth-order valence-corrected chi connectivity index (χ4v) is 1.76. The Morgan fingerprint density at radius 1 is 1.25 bits per heavy atom. The fraction of sp³-hybridized carbons (Fsp3) is 0.500. The number of hydrogen-bond acceptors (Lipinski definition) is 5. The summed E-state index contributed by atoms with van der Waals surface area (Å²) in [6.45, 7) is 2.50. The molecule has 0 aliphatic rings. The van der Waals surface area contributed by atoms with Gasteiger partial charge in [-0.05, 0) is 19.4 Å². The molecule has 0 aliphatic carbocycles. The summed E-state index contributed by atoms with van der Waals surface area (Å²) in [6, 6.07) is 3.15. The summed E-state index contributed by atoms with van der Waals surface area (Å²) in [7, 11) is 4.65. The Bertz CT molecular complexity index is 463. The number of nitrogens with two attached hydrogens (primary N) is 1. The molecule has 6 heteroatoms. The third kappa shape index (κ3) is 4.03. The van der Waals surface area contributed by atoms with Gasteiger partial charge in [-0.25, -0.2) is 0 Å². The average molecular weight is 282 g/mol. The molecule has 0 heterocycles. The smallest absolute Gasteiger partial charge is 0.253 e. The molecule has 1 amide bonds. The fourth-order valence-electron chi connectivity index (χ4n) is 1.76. The normalized spacial score (nSPS) is 11.8. The molecular weight excluding hydrogens is 260 g/mol. The summed E-state index contributed by atoms with van der Waals surface area (Å²) in [6.07, 6.45) is 0.732. The van der Waals surface area contributed by atoms with Crippen molar-refractivity contribution in [2.24, 2.45) is 0 Å². The summed E-state index contributed by atoms with van der Waals surface area (Å²) >= 11 is 0. The Morgan fingerprint density at radius 2 is 1.85 bits per heavy atom. The molecule has 3 N–H and O–H groups in total. The number of carbonyl (C=O) groups is 1. The van der Waals surface area contributed by atoms with Gasteiger partial charge >= 0.3 is 0 Å². The molecule has 0 spiro atoms. The van der Waals surface area contributed by atoms with E-state index in [0.29, 0.717) is 29.4 Å². The van der Waals surface area contributed by atoms with Crippen molar-refractivity contribution in [2.45, 2.75) is 19.4 Å². The maximum atomic E-state index is 12.2. The van der Waals surface area contributed by atoms with Gasteiger partial charge in [0.05, 0.1) is 19.8 Å². The van der Waals surface area contributed by atoms with Gasteiger partial charge in [-0.3, -0.25) is 4.79 Å². The predicted octanol–water partition coefficient (Wildman–Crippen LogP) is 1.44. The second kappa shape index (κ2) is 7.59. The molecule has 0 saturated carbocycles. The van der Waals surface area contributed by atoms with E-state index >= 15 is 0 Å². The molecule has 0 radical (unpaired) electrons. The predicted molar refractivity (Wildman–Crippen MR) is 77.4 cm³/mol. The number of hydrogen-bond donors (Lipinski definition) is 2. The van der Waals surface area contributed by atoms with E-state index < -0.39 is 0 Å². The lowest BCUT2D eigenvalue weighted by molar-refractivity contribution is 0.0930. The number of nitrogen functional groups attached to an aromatic ring is 1. The Hall–Kier alpha value is -1.95. The van der Waals surface area contributed by atoms with Crippen LogP contribution in [-0.2, 0) is 4.74 Å². The van der Waals surface area contributed by atoms with Gasteiger partial charge in [-0.15, -0.1) is 0 Å². The minimum atomic E-state index is -0.243. The third-order valence-corrected chi connectivity index (χ3v) is 2.93. The van der Waals surface area contributed by atoms with Gasteiger partial charge < -0.3 is 25.3 Å². The minimum absolute atomic E-state index is 0.00468. The monoisotopic (exact) mass is 282 g/mol. The molecule has 1 atom stereocenters. The Balaban J connectivity index is 2.87. The first kappa shape index (κ1) is 16.1. The van der Waals surface area contributed by atoms with Crippen molar-refractivity contribution in [1.29, 1.82) is 0 Å². The van der Waals surface area contributed by atoms with Crippen LogP contribution in [0, 0.1) is 0 Å². The molecule has 1 aromatic carbocycles. The number of ether oxygens (including phenoxy) is 3. The molecule has 0 fully saturated rings. The standard InChI is InChI=1S/C14H22N2O4/c1-9(5-6-18-2)16-14(17)10-7-12(19-3)13(20-4)8-11(10)15/h7-9H,5-6,15H2,1-4H3,(H,16,17). The molecule has 20 heavy (non-hydrogen) atoms. The van der Waals surface area contributed by atoms with Crippen molar-refractivity contribution in [3.05, 3.63) is 17.7 Å². The highest BCUT2D eigenvalue weighted by atomic mass is 16.5. The van der Waals surface area contributed by atoms with Gasteiger partial charge in [0, 0.05) is 31.5 Å². The lowest BCUT2D eigenvalue weighted by atomic mass is 10.1. The van der Waals surface area contributed by atoms with Crippen LogP contribution in [0.3, 0.4) is 0 Å². The van der Waals surface area contributed by atoms with E-state index in [0.717, 1.165) is 6.42 Å². The van der Waals surface area contributed by atoms with Crippen molar-refractivity contribution < 1.29 is 19.0 Å². The van der Waals surface area contributed by atoms with Crippen molar-refractivity contribution >= 4 is 11.6 Å². The summed E-state index contributed by atoms with van der Waals surface area (Å²) in [4.78, 5) is 12.2. The lowest BCUT2D eigenvalue weighted by Crippen LogP contribution is -2.33. The van der Waals surface area contributed by atoms with Crippen molar-refractivity contribution in [3.8, 4) is 11.5 Å². The number of carbonyl (C=O) groups excluding carboxylic acids is 1. The van der Waals surface area contributed by atoms with Crippen LogP contribution in [0.15, 0.2) is 12.1 Å². The van der Waals surface area contributed by atoms with Gasteiger partial charge in [0.2, 0.25) is 0 Å². The van der Waals surface area contributed by atoms with Crippen molar-refractivity contribution in [2.75, 3.05) is 33.7 Å². The number of rotatable bonds is 7. The number of amides is 1. The third-order valence-electron chi connectivity index (χ3n) is 2.93. The van der Waals surface area contributed by atoms with Gasteiger partial charge in [-0.1, -0.05) is 0 Å². The zero-order valence-electron chi connectivity index (χ0n) is 12.4. The lowest BCUT2D eigenvalue weighted by Gasteiger charge is -2.16. The minimum Gasteiger partial charge on any atom is -0.493 e. The van der Waals surface area contributed by atoms with Gasteiger partial charge in [0.1, 0.15) is 0 Å². The first-order chi connectivity index (χ1) is 9.53. The van der Waals surface area contributed by atoms with Gasteiger partial charge in [0.15, 0.2) is 11.5 Å². The summed E-state index contributed by atoms with van der Waals surface area (Å²) in [5, 5.41) is 2.87. The molecule has 0 aromatic heterocycles. The zero-order valence-corrected chi connectivity index (χ0v) is 12.4. The molecule has 112 valence electrons. The SMILES string of the molecule is COCCC(C)NC(=O)c1cc(OC)c(OC)cc1N. The van der Waals surface area contributed by atoms with Gasteiger partial charge in [0.25, 0.3) is 5.91 Å². The van der Waals surface area contributed by atoms with E-state index in [4.69, 9.17) is 19.9 Å². The number of nitrogens with one attached hydrogen (secondary N) is 1. The Morgan fingerprint density at radius 3 is 2.40 bits per heavy atom. The Kier molecular flexibility index (Phi) is 6.11. The van der Waals surface area contributed by atoms with Crippen LogP contribution in [0.5, 0.6) is 11.5 Å². The summed E-state index contributed by atoms with van der Waals surface area (Å²) in [5.74, 6) is 0.720. The van der Waals surface area contributed by atoms with E-state index in [2.05, 4.69) is 5.32 Å². The molecule has 1 rings (SSSR count). The second-order valence-electron chi connectivity index (χ2n) is 4.45. The molecule has 1 unspecified atom stereocenters. The maximum absolute atomic E-state index is 12.2. The van der Waals surface area contributed by atoms with Gasteiger partial charge in [-0.2, -0.15) is 0 Å². The van der Waals surface area contributed by atoms with Crippen LogP contribution < -0.4 is 20.5 Å². The molecule has 1 aromatic rings. The van der Waals surface area contributed by atoms with E-state index in [1.807, 2.05) is 6.92 Å².